The first-order valence-electron chi connectivity index (χ1n) is 5.76. The number of ether oxygens (including phenoxy) is 1. The fourth-order valence-corrected chi connectivity index (χ4v) is 1.81. The third-order valence-corrected chi connectivity index (χ3v) is 2.79. The molecule has 1 atom stereocenters. The normalized spacial score (nSPS) is 19.2. The van der Waals surface area contributed by atoms with Gasteiger partial charge in [0.05, 0.1) is 19.7 Å². The number of carboxylic acids is 1. The molecule has 0 spiro atoms. The van der Waals surface area contributed by atoms with Crippen molar-refractivity contribution in [3.63, 3.8) is 0 Å². The van der Waals surface area contributed by atoms with Gasteiger partial charge in [-0.05, 0) is 0 Å². The Morgan fingerprint density at radius 2 is 2.47 bits per heavy atom. The average molecular weight is 269 g/mol. The molecular weight excluding hydrogens is 254 g/mol. The number of amides is 2. The molecule has 104 valence electrons. The maximum Gasteiger partial charge on any atom is 0.334 e. The summed E-state index contributed by atoms with van der Waals surface area (Å²) in [5.74, 6) is -0.491. The molecule has 1 fully saturated rings. The molecule has 2 rings (SSSR count). The summed E-state index contributed by atoms with van der Waals surface area (Å²) in [6.45, 7) is 0.936. The van der Waals surface area contributed by atoms with Gasteiger partial charge in [0.15, 0.2) is 6.10 Å². The second-order valence-corrected chi connectivity index (χ2v) is 4.21. The lowest BCUT2D eigenvalue weighted by molar-refractivity contribution is -0.154. The fourth-order valence-electron chi connectivity index (χ4n) is 1.81. The highest BCUT2D eigenvalue weighted by atomic mass is 16.5. The van der Waals surface area contributed by atoms with Crippen LogP contribution >= 0.6 is 0 Å². The van der Waals surface area contributed by atoms with Gasteiger partial charge in [-0.1, -0.05) is 0 Å². The Labute approximate surface area is 109 Å². The quantitative estimate of drug-likeness (QED) is 0.738. The topological polar surface area (TPSA) is 112 Å². The van der Waals surface area contributed by atoms with Crippen LogP contribution in [0.5, 0.6) is 0 Å². The average Bonchev–Trinajstić information content (AvgIpc) is 2.90. The molecule has 19 heavy (non-hydrogen) atoms. The zero-order chi connectivity index (χ0) is 13.8. The highest BCUT2D eigenvalue weighted by Gasteiger charge is 2.30. The highest BCUT2D eigenvalue weighted by Crippen LogP contribution is 2.09. The highest BCUT2D eigenvalue weighted by molar-refractivity contribution is 5.77. The number of aromatic nitrogens is 3. The minimum absolute atomic E-state index is 0.0505. The summed E-state index contributed by atoms with van der Waals surface area (Å²) in [5, 5.41) is 15.2. The van der Waals surface area contributed by atoms with E-state index in [2.05, 4.69) is 15.2 Å². The number of nitrogens with one attached hydrogen (secondary N) is 1. The van der Waals surface area contributed by atoms with Crippen molar-refractivity contribution in [3.8, 4) is 0 Å². The number of hydrogen-bond donors (Lipinski definition) is 2. The van der Waals surface area contributed by atoms with E-state index < -0.39 is 12.1 Å². The third-order valence-electron chi connectivity index (χ3n) is 2.79. The van der Waals surface area contributed by atoms with E-state index in [1.54, 1.807) is 7.05 Å². The fraction of sp³-hybridized carbons (Fsp3) is 0.600. The largest absolute Gasteiger partial charge is 0.479 e. The van der Waals surface area contributed by atoms with Crippen molar-refractivity contribution in [2.45, 2.75) is 12.6 Å². The zero-order valence-corrected chi connectivity index (χ0v) is 10.4. The van der Waals surface area contributed by atoms with E-state index in [9.17, 15) is 9.59 Å². The molecule has 0 radical (unpaired) electrons. The summed E-state index contributed by atoms with van der Waals surface area (Å²) >= 11 is 0. The van der Waals surface area contributed by atoms with Gasteiger partial charge in [-0.2, -0.15) is 5.10 Å². The van der Waals surface area contributed by atoms with Crippen LogP contribution in [0.1, 0.15) is 5.82 Å². The summed E-state index contributed by atoms with van der Waals surface area (Å²) in [5.41, 5.74) is 0. The Kier molecular flexibility index (Phi) is 3.95. The maximum absolute atomic E-state index is 12.1. The minimum atomic E-state index is -1.06. The lowest BCUT2D eigenvalue weighted by atomic mass is 10.3. The molecule has 0 aliphatic carbocycles. The van der Waals surface area contributed by atoms with Gasteiger partial charge in [-0.25, -0.2) is 14.6 Å². The second kappa shape index (κ2) is 5.65. The maximum atomic E-state index is 12.1. The smallest absolute Gasteiger partial charge is 0.334 e. The van der Waals surface area contributed by atoms with Crippen molar-refractivity contribution in [2.75, 3.05) is 26.7 Å². The zero-order valence-electron chi connectivity index (χ0n) is 10.4. The lowest BCUT2D eigenvalue weighted by Gasteiger charge is -2.33. The molecule has 2 N–H and O–H groups in total. The molecule has 9 nitrogen and oxygen atoms in total. The first kappa shape index (κ1) is 13.3. The van der Waals surface area contributed by atoms with Crippen LogP contribution in [0, 0.1) is 0 Å². The molecule has 1 aromatic rings. The Hall–Kier alpha value is -2.16. The predicted octanol–water partition coefficient (Wildman–Crippen LogP) is -0.858. The number of morpholine rings is 1. The Morgan fingerprint density at radius 3 is 3.11 bits per heavy atom. The molecule has 2 heterocycles. The molecule has 0 saturated carbocycles. The van der Waals surface area contributed by atoms with Crippen molar-refractivity contribution >= 4 is 12.0 Å². The van der Waals surface area contributed by atoms with Crippen molar-refractivity contribution in [1.82, 2.24) is 25.0 Å². The molecule has 2 amide bonds. The van der Waals surface area contributed by atoms with Crippen molar-refractivity contribution < 1.29 is 19.4 Å². The molecule has 1 aliphatic rings. The number of carboxylic acid groups (broad SMARTS) is 1. The number of hydrogen-bond acceptors (Lipinski definition) is 5. The van der Waals surface area contributed by atoms with E-state index in [-0.39, 0.29) is 25.7 Å². The van der Waals surface area contributed by atoms with Gasteiger partial charge in [0.2, 0.25) is 0 Å². The van der Waals surface area contributed by atoms with Crippen LogP contribution in [-0.4, -0.2) is 74.9 Å². The number of urea groups is 1. The number of nitrogens with zero attached hydrogens (tertiary/aromatic N) is 4. The van der Waals surface area contributed by atoms with E-state index in [4.69, 9.17) is 9.84 Å². The number of aliphatic carboxylic acids is 1. The standard InChI is InChI=1S/C10H15N5O4/c1-14(5-8-11-6-12-13-8)10(18)15-2-3-19-7(4-15)9(16)17/h6-7H,2-5H2,1H3,(H,16,17)(H,11,12,13). The van der Waals surface area contributed by atoms with Crippen molar-refractivity contribution in [2.24, 2.45) is 0 Å². The van der Waals surface area contributed by atoms with E-state index in [1.807, 2.05) is 0 Å². The summed E-state index contributed by atoms with van der Waals surface area (Å²) in [7, 11) is 1.62. The van der Waals surface area contributed by atoms with E-state index in [0.29, 0.717) is 12.4 Å². The summed E-state index contributed by atoms with van der Waals surface area (Å²) in [4.78, 5) is 29.8. The van der Waals surface area contributed by atoms with E-state index in [0.717, 1.165) is 0 Å². The van der Waals surface area contributed by atoms with Gasteiger partial charge in [0.1, 0.15) is 12.2 Å². The SMILES string of the molecule is CN(Cc1ncn[nH]1)C(=O)N1CCOC(C(=O)O)C1. The molecule has 1 saturated heterocycles. The van der Waals surface area contributed by atoms with Crippen LogP contribution in [0.4, 0.5) is 4.79 Å². The molecule has 9 heteroatoms. The molecule has 0 bridgehead atoms. The monoisotopic (exact) mass is 269 g/mol. The molecular formula is C10H15N5O4. The number of carbonyl (C=O) groups excluding carboxylic acids is 1. The second-order valence-electron chi connectivity index (χ2n) is 4.21. The van der Waals surface area contributed by atoms with E-state index in [1.165, 1.54) is 16.1 Å². The summed E-state index contributed by atoms with van der Waals surface area (Å²) < 4.78 is 5.06. The van der Waals surface area contributed by atoms with Gasteiger partial charge in [0.25, 0.3) is 0 Å². The molecule has 1 aliphatic heterocycles. The minimum Gasteiger partial charge on any atom is -0.479 e. The van der Waals surface area contributed by atoms with Crippen LogP contribution in [0.2, 0.25) is 0 Å². The molecule has 1 aromatic heterocycles. The van der Waals surface area contributed by atoms with Crippen molar-refractivity contribution in [3.05, 3.63) is 12.2 Å². The van der Waals surface area contributed by atoms with Gasteiger partial charge >= 0.3 is 12.0 Å². The Balaban J connectivity index is 1.93. The van der Waals surface area contributed by atoms with Crippen LogP contribution < -0.4 is 0 Å². The Bertz CT molecular complexity index is 449. The molecule has 1 unspecified atom stereocenters. The van der Waals surface area contributed by atoms with Gasteiger partial charge in [-0.3, -0.25) is 5.10 Å². The van der Waals surface area contributed by atoms with Crippen LogP contribution in [0.3, 0.4) is 0 Å². The van der Waals surface area contributed by atoms with Crippen molar-refractivity contribution in [1.29, 1.82) is 0 Å². The number of carbonyl (C=O) groups is 2. The number of aromatic amines is 1. The van der Waals surface area contributed by atoms with E-state index >= 15 is 0 Å². The first-order valence-corrected chi connectivity index (χ1v) is 5.76. The third kappa shape index (κ3) is 3.19. The lowest BCUT2D eigenvalue weighted by Crippen LogP contribution is -2.52. The first-order chi connectivity index (χ1) is 9.08. The predicted molar refractivity (Wildman–Crippen MR) is 62.2 cm³/mol. The van der Waals surface area contributed by atoms with Gasteiger partial charge in [0, 0.05) is 13.6 Å². The number of H-pyrrole nitrogens is 1. The van der Waals surface area contributed by atoms with Gasteiger partial charge < -0.3 is 19.6 Å². The molecule has 0 aromatic carbocycles. The van der Waals surface area contributed by atoms with Crippen LogP contribution in [0.25, 0.3) is 0 Å². The summed E-state index contributed by atoms with van der Waals surface area (Å²) in [6, 6.07) is -0.258. The summed E-state index contributed by atoms with van der Waals surface area (Å²) in [6.07, 6.45) is 0.402. The van der Waals surface area contributed by atoms with Crippen LogP contribution in [0.15, 0.2) is 6.33 Å². The van der Waals surface area contributed by atoms with Crippen LogP contribution in [-0.2, 0) is 16.1 Å². The Morgan fingerprint density at radius 1 is 1.68 bits per heavy atom. The van der Waals surface area contributed by atoms with Gasteiger partial charge in [-0.15, -0.1) is 0 Å². The number of rotatable bonds is 3.